The molecule has 6 nitrogen and oxygen atoms in total. The topological polar surface area (TPSA) is 78.4 Å². The van der Waals surface area contributed by atoms with Crippen LogP contribution in [0.4, 0.5) is 4.39 Å². The molecule has 0 aliphatic heterocycles. The maximum absolute atomic E-state index is 14.2. The second-order valence-electron chi connectivity index (χ2n) is 5.44. The number of esters is 1. The monoisotopic (exact) mass is 364 g/mol. The lowest BCUT2D eigenvalue weighted by Crippen LogP contribution is -2.08. The average molecular weight is 365 g/mol. The van der Waals surface area contributed by atoms with Crippen molar-refractivity contribution < 1.29 is 23.0 Å². The third-order valence-corrected chi connectivity index (χ3v) is 4.11. The summed E-state index contributed by atoms with van der Waals surface area (Å²) in [7, 11) is 0. The number of hydrogen-bond acceptors (Lipinski definition) is 6. The Hall–Kier alpha value is -2.67. The molecule has 0 fully saturated rings. The van der Waals surface area contributed by atoms with Gasteiger partial charge < -0.3 is 13.8 Å². The van der Waals surface area contributed by atoms with Gasteiger partial charge in [0.25, 0.3) is 0 Å². The lowest BCUT2D eigenvalue weighted by molar-refractivity contribution is 0.0469. The van der Waals surface area contributed by atoms with Crippen molar-refractivity contribution in [2.45, 2.75) is 27.4 Å². The second-order valence-corrected chi connectivity index (χ2v) is 5.85. The second kappa shape index (κ2) is 6.68. The molecule has 0 spiro atoms. The van der Waals surface area contributed by atoms with Crippen molar-refractivity contribution in [1.82, 2.24) is 10.3 Å². The fraction of sp³-hybridized carbons (Fsp3) is 0.235. The Balaban J connectivity index is 1.93. The minimum Gasteiger partial charge on any atom is -0.457 e. The van der Waals surface area contributed by atoms with E-state index in [4.69, 9.17) is 25.4 Å². The van der Waals surface area contributed by atoms with Gasteiger partial charge in [0.05, 0.1) is 21.8 Å². The quantitative estimate of drug-likeness (QED) is 0.638. The first kappa shape index (κ1) is 17.2. The third kappa shape index (κ3) is 3.15. The highest BCUT2D eigenvalue weighted by Gasteiger charge is 2.27. The molecule has 25 heavy (non-hydrogen) atoms. The number of nitrogens with zero attached hydrogens (tertiary/aromatic N) is 2. The van der Waals surface area contributed by atoms with E-state index < -0.39 is 11.8 Å². The van der Waals surface area contributed by atoms with Crippen molar-refractivity contribution in [3.8, 4) is 11.3 Å². The normalized spacial score (nSPS) is 10.9. The van der Waals surface area contributed by atoms with Crippen LogP contribution in [0.1, 0.15) is 33.1 Å². The van der Waals surface area contributed by atoms with Crippen molar-refractivity contribution in [2.75, 3.05) is 0 Å². The Kier molecular flexibility index (Phi) is 4.59. The molecule has 0 radical (unpaired) electrons. The van der Waals surface area contributed by atoms with E-state index in [0.29, 0.717) is 17.0 Å². The van der Waals surface area contributed by atoms with E-state index in [1.54, 1.807) is 13.8 Å². The Morgan fingerprint density at radius 2 is 1.92 bits per heavy atom. The van der Waals surface area contributed by atoms with Gasteiger partial charge in [0.15, 0.2) is 0 Å². The molecule has 2 aromatic heterocycles. The van der Waals surface area contributed by atoms with E-state index in [9.17, 15) is 9.18 Å². The zero-order valence-corrected chi connectivity index (χ0v) is 14.5. The molecule has 8 heteroatoms. The summed E-state index contributed by atoms with van der Waals surface area (Å²) in [5.74, 6) is -0.545. The number of halogens is 2. The third-order valence-electron chi connectivity index (χ3n) is 3.80. The first-order valence-electron chi connectivity index (χ1n) is 7.39. The predicted octanol–water partition coefficient (Wildman–Crippen LogP) is 4.40. The molecular formula is C17H14ClFN2O4. The zero-order valence-electron chi connectivity index (χ0n) is 13.7. The van der Waals surface area contributed by atoms with Crippen LogP contribution in [0.5, 0.6) is 0 Å². The minimum atomic E-state index is -0.701. The summed E-state index contributed by atoms with van der Waals surface area (Å²) in [5.41, 5.74) is 1.33. The number of rotatable bonds is 4. The van der Waals surface area contributed by atoms with Crippen LogP contribution in [0, 0.1) is 26.6 Å². The molecular weight excluding hydrogens is 351 g/mol. The summed E-state index contributed by atoms with van der Waals surface area (Å²) >= 11 is 6.06. The molecule has 3 rings (SSSR count). The van der Waals surface area contributed by atoms with E-state index in [2.05, 4.69) is 10.3 Å². The number of ether oxygens (including phenoxy) is 1. The zero-order chi connectivity index (χ0) is 18.1. The van der Waals surface area contributed by atoms with Gasteiger partial charge in [-0.1, -0.05) is 28.0 Å². The maximum atomic E-state index is 14.2. The van der Waals surface area contributed by atoms with Gasteiger partial charge in [-0.25, -0.2) is 9.18 Å². The van der Waals surface area contributed by atoms with Crippen LogP contribution >= 0.6 is 11.6 Å². The molecule has 0 N–H and O–H groups in total. The maximum Gasteiger partial charge on any atom is 0.344 e. The number of benzene rings is 1. The van der Waals surface area contributed by atoms with E-state index in [1.165, 1.54) is 25.1 Å². The van der Waals surface area contributed by atoms with Crippen LogP contribution in [0.25, 0.3) is 11.3 Å². The summed E-state index contributed by atoms with van der Waals surface area (Å²) in [4.78, 5) is 12.5. The molecule has 0 bridgehead atoms. The molecule has 0 aliphatic rings. The molecule has 1 aromatic carbocycles. The smallest absolute Gasteiger partial charge is 0.344 e. The van der Waals surface area contributed by atoms with Gasteiger partial charge in [-0.3, -0.25) is 0 Å². The van der Waals surface area contributed by atoms with Gasteiger partial charge in [0.1, 0.15) is 35.2 Å². The summed E-state index contributed by atoms with van der Waals surface area (Å²) in [6.07, 6.45) is 0. The van der Waals surface area contributed by atoms with Crippen LogP contribution in [0.2, 0.25) is 5.02 Å². The first-order valence-corrected chi connectivity index (χ1v) is 7.77. The summed E-state index contributed by atoms with van der Waals surface area (Å²) in [6.45, 7) is 4.97. The number of hydrogen-bond donors (Lipinski definition) is 0. The highest BCUT2D eigenvalue weighted by molar-refractivity contribution is 6.33. The average Bonchev–Trinajstić information content (AvgIpc) is 3.08. The summed E-state index contributed by atoms with van der Waals surface area (Å²) in [5, 5.41) is 7.69. The van der Waals surface area contributed by atoms with Crippen LogP contribution < -0.4 is 0 Å². The summed E-state index contributed by atoms with van der Waals surface area (Å²) < 4.78 is 29.6. The molecule has 0 unspecified atom stereocenters. The highest BCUT2D eigenvalue weighted by Crippen LogP contribution is 2.33. The van der Waals surface area contributed by atoms with Gasteiger partial charge in [-0.15, -0.1) is 0 Å². The molecule has 130 valence electrons. The minimum absolute atomic E-state index is 0.00404. The van der Waals surface area contributed by atoms with Gasteiger partial charge in [0, 0.05) is 0 Å². The standard InChI is InChI=1S/C17H14ClFN2O4/c1-8-11(9(2)24-20-8)7-23-17(22)14-10(3)25-21-16(14)15-12(18)5-4-6-13(15)19/h4-6H,7H2,1-3H3. The number of aryl methyl sites for hydroxylation is 3. The van der Waals surface area contributed by atoms with E-state index >= 15 is 0 Å². The Bertz CT molecular complexity index is 909. The highest BCUT2D eigenvalue weighted by atomic mass is 35.5. The van der Waals surface area contributed by atoms with Gasteiger partial charge >= 0.3 is 5.97 Å². The molecule has 0 saturated heterocycles. The van der Waals surface area contributed by atoms with E-state index in [0.717, 1.165) is 0 Å². The predicted molar refractivity (Wildman–Crippen MR) is 86.7 cm³/mol. The Morgan fingerprint density at radius 1 is 1.20 bits per heavy atom. The molecule has 0 aliphatic carbocycles. The van der Waals surface area contributed by atoms with Gasteiger partial charge in [0.2, 0.25) is 0 Å². The molecule has 0 saturated carbocycles. The Morgan fingerprint density at radius 3 is 2.56 bits per heavy atom. The van der Waals surface area contributed by atoms with Crippen LogP contribution in [-0.2, 0) is 11.3 Å². The van der Waals surface area contributed by atoms with Crippen molar-refractivity contribution in [2.24, 2.45) is 0 Å². The van der Waals surface area contributed by atoms with Crippen LogP contribution in [0.3, 0.4) is 0 Å². The van der Waals surface area contributed by atoms with Crippen molar-refractivity contribution in [3.63, 3.8) is 0 Å². The van der Waals surface area contributed by atoms with Gasteiger partial charge in [-0.05, 0) is 32.9 Å². The van der Waals surface area contributed by atoms with Crippen molar-refractivity contribution in [3.05, 3.63) is 57.4 Å². The fourth-order valence-electron chi connectivity index (χ4n) is 2.43. The SMILES string of the molecule is Cc1noc(C)c1COC(=O)c1c(-c2c(F)cccc2Cl)noc1C. The largest absolute Gasteiger partial charge is 0.457 e. The van der Waals surface area contributed by atoms with E-state index in [-0.39, 0.29) is 34.2 Å². The van der Waals surface area contributed by atoms with Crippen molar-refractivity contribution >= 4 is 17.6 Å². The number of aromatic nitrogens is 2. The number of carbonyl (C=O) groups excluding carboxylic acids is 1. The van der Waals surface area contributed by atoms with Gasteiger partial charge in [-0.2, -0.15) is 0 Å². The molecule has 0 atom stereocenters. The molecule has 3 aromatic rings. The number of carbonyl (C=O) groups is 1. The Labute approximate surface area is 147 Å². The van der Waals surface area contributed by atoms with Crippen LogP contribution in [0.15, 0.2) is 27.2 Å². The molecule has 2 heterocycles. The van der Waals surface area contributed by atoms with E-state index in [1.807, 2.05) is 0 Å². The molecule has 0 amide bonds. The lowest BCUT2D eigenvalue weighted by Gasteiger charge is -2.07. The summed E-state index contributed by atoms with van der Waals surface area (Å²) in [6, 6.07) is 4.19. The lowest BCUT2D eigenvalue weighted by atomic mass is 10.1. The van der Waals surface area contributed by atoms with Crippen LogP contribution in [-0.4, -0.2) is 16.3 Å². The first-order chi connectivity index (χ1) is 11.9. The fourth-order valence-corrected chi connectivity index (χ4v) is 2.68. The van der Waals surface area contributed by atoms with Crippen molar-refractivity contribution in [1.29, 1.82) is 0 Å².